The van der Waals surface area contributed by atoms with Gasteiger partial charge < -0.3 is 14.6 Å². The minimum atomic E-state index is -0.881. The zero-order valence-electron chi connectivity index (χ0n) is 13.9. The summed E-state index contributed by atoms with van der Waals surface area (Å²) >= 11 is 0. The third-order valence-corrected chi connectivity index (χ3v) is 3.56. The van der Waals surface area contributed by atoms with E-state index < -0.39 is 12.1 Å². The minimum Gasteiger partial charge on any atom is -0.483 e. The molecule has 6 heteroatoms. The van der Waals surface area contributed by atoms with E-state index in [4.69, 9.17) is 9.47 Å². The molecule has 3 atom stereocenters. The Balaban J connectivity index is 2.21. The van der Waals surface area contributed by atoms with Crippen LogP contribution in [0.4, 0.5) is 0 Å². The number of hydrogen-bond donors (Lipinski definition) is 1. The largest absolute Gasteiger partial charge is 0.483 e. The van der Waals surface area contributed by atoms with Crippen molar-refractivity contribution < 1.29 is 14.6 Å². The van der Waals surface area contributed by atoms with E-state index in [0.29, 0.717) is 11.8 Å². The van der Waals surface area contributed by atoms with Crippen LogP contribution in [0.2, 0.25) is 0 Å². The molecule has 0 saturated carbocycles. The van der Waals surface area contributed by atoms with Crippen molar-refractivity contribution in [1.82, 2.24) is 4.98 Å². The zero-order chi connectivity index (χ0) is 16.8. The molecule has 1 N–H and O–H groups in total. The molecule has 1 aliphatic rings. The molecule has 1 aromatic rings. The Morgan fingerprint density at radius 3 is 2.30 bits per heavy atom. The maximum Gasteiger partial charge on any atom is 0.212 e. The molecular weight excluding hydrogens is 294 g/mol. The Hall–Kier alpha value is -2.21. The normalized spacial score (nSPS) is 22.7. The van der Waals surface area contributed by atoms with Crippen LogP contribution in [0.3, 0.4) is 0 Å². The summed E-state index contributed by atoms with van der Waals surface area (Å²) in [5, 5.41) is 10.4. The first-order valence-corrected chi connectivity index (χ1v) is 7.57. The minimum absolute atomic E-state index is 0.196. The number of hydrogen-bond acceptors (Lipinski definition) is 6. The summed E-state index contributed by atoms with van der Waals surface area (Å²) < 4.78 is 10.7. The highest BCUT2D eigenvalue weighted by atomic mass is 16.5. The lowest BCUT2D eigenvalue weighted by molar-refractivity contribution is 0.197. The van der Waals surface area contributed by atoms with Crippen molar-refractivity contribution in [2.45, 2.75) is 32.0 Å². The maximum absolute atomic E-state index is 10.4. The zero-order valence-corrected chi connectivity index (χ0v) is 13.9. The number of pyridine rings is 1. The molecule has 0 radical (unpaired) electrons. The Bertz CT molecular complexity index is 596. The fraction of sp³-hybridized carbons (Fsp3) is 0.471. The van der Waals surface area contributed by atoms with Gasteiger partial charge in [-0.05, 0) is 24.1 Å². The Morgan fingerprint density at radius 2 is 1.74 bits per heavy atom. The monoisotopic (exact) mass is 317 g/mol. The Kier molecular flexibility index (Phi) is 5.87. The van der Waals surface area contributed by atoms with Gasteiger partial charge in [-0.2, -0.15) is 0 Å². The van der Waals surface area contributed by atoms with Crippen LogP contribution in [0.25, 0.3) is 6.08 Å². The van der Waals surface area contributed by atoms with Gasteiger partial charge in [0.15, 0.2) is 6.04 Å². The second kappa shape index (κ2) is 7.87. The van der Waals surface area contributed by atoms with E-state index >= 15 is 0 Å². The van der Waals surface area contributed by atoms with Crippen molar-refractivity contribution in [2.75, 3.05) is 14.2 Å². The van der Waals surface area contributed by atoms with E-state index in [1.807, 2.05) is 32.0 Å². The first-order valence-electron chi connectivity index (χ1n) is 7.57. The van der Waals surface area contributed by atoms with Gasteiger partial charge in [-0.3, -0.25) is 4.98 Å². The first kappa shape index (κ1) is 17.1. The van der Waals surface area contributed by atoms with Gasteiger partial charge in [0.25, 0.3) is 0 Å². The van der Waals surface area contributed by atoms with E-state index in [2.05, 4.69) is 15.0 Å². The molecular formula is C17H23N3O3. The molecule has 0 saturated heterocycles. The predicted octanol–water partition coefficient (Wildman–Crippen LogP) is 1.95. The molecule has 0 aliphatic carbocycles. The molecule has 0 aromatic carbocycles. The maximum atomic E-state index is 10.4. The van der Waals surface area contributed by atoms with Gasteiger partial charge in [0.1, 0.15) is 12.1 Å². The molecule has 0 fully saturated rings. The molecule has 1 aromatic heterocycles. The second-order valence-corrected chi connectivity index (χ2v) is 5.58. The second-order valence-electron chi connectivity index (χ2n) is 5.58. The predicted molar refractivity (Wildman–Crippen MR) is 90.6 cm³/mol. The van der Waals surface area contributed by atoms with Crippen molar-refractivity contribution in [1.29, 1.82) is 0 Å². The van der Waals surface area contributed by atoms with E-state index in [1.54, 1.807) is 25.5 Å². The number of aliphatic imine (C=N–C) groups is 2. The van der Waals surface area contributed by atoms with Crippen molar-refractivity contribution in [3.8, 4) is 0 Å². The molecule has 23 heavy (non-hydrogen) atoms. The molecule has 2 heterocycles. The lowest BCUT2D eigenvalue weighted by atomic mass is 10.0. The first-order chi connectivity index (χ1) is 11.1. The number of aromatic nitrogens is 1. The van der Waals surface area contributed by atoms with Crippen LogP contribution in [-0.4, -0.2) is 54.3 Å². The number of ether oxygens (including phenoxy) is 2. The average molecular weight is 317 g/mol. The molecule has 0 bridgehead atoms. The van der Waals surface area contributed by atoms with Crippen LogP contribution in [0.1, 0.15) is 19.5 Å². The highest BCUT2D eigenvalue weighted by molar-refractivity contribution is 5.94. The Labute approximate surface area is 136 Å². The van der Waals surface area contributed by atoms with E-state index in [0.717, 1.165) is 5.69 Å². The van der Waals surface area contributed by atoms with Crippen molar-refractivity contribution >= 4 is 17.9 Å². The van der Waals surface area contributed by atoms with E-state index in [1.165, 1.54) is 7.11 Å². The van der Waals surface area contributed by atoms with Crippen LogP contribution in [0.15, 0.2) is 40.5 Å². The molecule has 0 unspecified atom stereocenters. The summed E-state index contributed by atoms with van der Waals surface area (Å²) in [7, 11) is 3.10. The number of rotatable bonds is 4. The summed E-state index contributed by atoms with van der Waals surface area (Å²) in [4.78, 5) is 13.2. The highest BCUT2D eigenvalue weighted by Gasteiger charge is 2.33. The summed E-state index contributed by atoms with van der Waals surface area (Å²) in [6.07, 6.45) is 4.19. The highest BCUT2D eigenvalue weighted by Crippen LogP contribution is 2.20. The summed E-state index contributed by atoms with van der Waals surface area (Å²) in [5.41, 5.74) is 0.759. The molecule has 124 valence electrons. The van der Waals surface area contributed by atoms with Gasteiger partial charge in [0.05, 0.1) is 19.9 Å². The van der Waals surface area contributed by atoms with Gasteiger partial charge in [0, 0.05) is 6.20 Å². The lowest BCUT2D eigenvalue weighted by Crippen LogP contribution is -2.42. The summed E-state index contributed by atoms with van der Waals surface area (Å²) in [6.45, 7) is 4.07. The number of aliphatic hydroxyl groups is 1. The Morgan fingerprint density at radius 1 is 1.09 bits per heavy atom. The molecule has 6 nitrogen and oxygen atoms in total. The third-order valence-electron chi connectivity index (χ3n) is 3.56. The van der Waals surface area contributed by atoms with Crippen LogP contribution >= 0.6 is 0 Å². The van der Waals surface area contributed by atoms with Crippen LogP contribution in [0, 0.1) is 5.92 Å². The lowest BCUT2D eigenvalue weighted by Gasteiger charge is -2.28. The molecule has 1 aliphatic heterocycles. The number of methoxy groups -OCH3 is 2. The average Bonchev–Trinajstić information content (AvgIpc) is 2.59. The van der Waals surface area contributed by atoms with Crippen LogP contribution < -0.4 is 0 Å². The van der Waals surface area contributed by atoms with Crippen LogP contribution in [0.5, 0.6) is 0 Å². The summed E-state index contributed by atoms with van der Waals surface area (Å²) in [6, 6.07) is 4.76. The number of aliphatic hydroxyl groups excluding tert-OH is 1. The topological polar surface area (TPSA) is 76.3 Å². The van der Waals surface area contributed by atoms with Gasteiger partial charge in [0.2, 0.25) is 11.8 Å². The standard InChI is InChI=1S/C17H23N3O3/c1-11(2)14-16(22-3)20-15(17(19-14)23-4)13(21)9-8-12-7-5-6-10-18-12/h5-11,13-15,21H,1-4H3/b9-8+/t13-,14+,15-/m0/s1. The fourth-order valence-corrected chi connectivity index (χ4v) is 2.32. The van der Waals surface area contributed by atoms with Gasteiger partial charge in [-0.25, -0.2) is 9.98 Å². The van der Waals surface area contributed by atoms with Crippen LogP contribution in [-0.2, 0) is 9.47 Å². The van der Waals surface area contributed by atoms with Crippen molar-refractivity contribution in [2.24, 2.45) is 15.9 Å². The van der Waals surface area contributed by atoms with Gasteiger partial charge in [-0.15, -0.1) is 0 Å². The molecule has 0 amide bonds. The third kappa shape index (κ3) is 4.16. The fourth-order valence-electron chi connectivity index (χ4n) is 2.32. The van der Waals surface area contributed by atoms with E-state index in [-0.39, 0.29) is 12.0 Å². The quantitative estimate of drug-likeness (QED) is 0.921. The van der Waals surface area contributed by atoms with Crippen molar-refractivity contribution in [3.05, 3.63) is 36.2 Å². The van der Waals surface area contributed by atoms with Gasteiger partial charge in [-0.1, -0.05) is 26.0 Å². The van der Waals surface area contributed by atoms with Gasteiger partial charge >= 0.3 is 0 Å². The number of nitrogens with zero attached hydrogens (tertiary/aromatic N) is 3. The molecule has 2 rings (SSSR count). The summed E-state index contributed by atoms with van der Waals surface area (Å²) in [5.74, 6) is 1.14. The smallest absolute Gasteiger partial charge is 0.212 e. The van der Waals surface area contributed by atoms with Crippen molar-refractivity contribution in [3.63, 3.8) is 0 Å². The molecule has 0 spiro atoms. The SMILES string of the molecule is COC1=N[C@H](C(C)C)C(OC)=N[C@H]1[C@@H](O)/C=C/c1ccccn1. The van der Waals surface area contributed by atoms with E-state index in [9.17, 15) is 5.11 Å².